The molecule has 0 bridgehead atoms. The highest BCUT2D eigenvalue weighted by atomic mass is 19.4. The van der Waals surface area contributed by atoms with Gasteiger partial charge < -0.3 is 5.11 Å². The number of fused-ring (bicyclic) bond motifs is 2. The SMILES string of the molecule is CNC(O)Cn1c(=O)n(C2CCN(C3CCCc4c3cccc4C(F)(F)F)CC2)c2ccccc21. The minimum atomic E-state index is -4.34. The summed E-state index contributed by atoms with van der Waals surface area (Å²) in [6.07, 6.45) is -1.63. The second-order valence-corrected chi connectivity index (χ2v) is 9.60. The Labute approximate surface area is 202 Å². The largest absolute Gasteiger partial charge is 0.416 e. The molecule has 6 nitrogen and oxygen atoms in total. The first kappa shape index (κ1) is 24.1. The van der Waals surface area contributed by atoms with Crippen LogP contribution in [0.4, 0.5) is 13.2 Å². The highest BCUT2D eigenvalue weighted by Crippen LogP contribution is 2.42. The van der Waals surface area contributed by atoms with E-state index in [4.69, 9.17) is 0 Å². The molecule has 5 rings (SSSR count). The fourth-order valence-electron chi connectivity index (χ4n) is 5.95. The number of nitrogens with one attached hydrogen (secondary N) is 1. The lowest BCUT2D eigenvalue weighted by Crippen LogP contribution is -2.41. The Bertz CT molecular complexity index is 1260. The molecule has 1 saturated heterocycles. The van der Waals surface area contributed by atoms with Crippen molar-refractivity contribution in [2.45, 2.75) is 63.1 Å². The summed E-state index contributed by atoms with van der Waals surface area (Å²) in [6.45, 7) is 1.59. The summed E-state index contributed by atoms with van der Waals surface area (Å²) in [5.41, 5.74) is 2.24. The summed E-state index contributed by atoms with van der Waals surface area (Å²) in [4.78, 5) is 15.7. The van der Waals surface area contributed by atoms with Crippen LogP contribution in [0.15, 0.2) is 47.3 Å². The maximum atomic E-state index is 13.6. The quantitative estimate of drug-likeness (QED) is 0.532. The smallest absolute Gasteiger partial charge is 0.377 e. The van der Waals surface area contributed by atoms with Gasteiger partial charge in [0.05, 0.1) is 23.1 Å². The zero-order chi connectivity index (χ0) is 24.7. The number of likely N-dealkylation sites (N-methyl/N-ethyl adjacent to an activating group) is 1. The number of alkyl halides is 3. The van der Waals surface area contributed by atoms with Gasteiger partial charge in [0, 0.05) is 25.2 Å². The predicted molar refractivity (Wildman–Crippen MR) is 128 cm³/mol. The molecule has 1 fully saturated rings. The van der Waals surface area contributed by atoms with E-state index in [9.17, 15) is 23.1 Å². The van der Waals surface area contributed by atoms with Gasteiger partial charge in [-0.05, 0) is 68.5 Å². The summed E-state index contributed by atoms with van der Waals surface area (Å²) >= 11 is 0. The van der Waals surface area contributed by atoms with E-state index in [1.807, 2.05) is 34.9 Å². The minimum absolute atomic E-state index is 0.00111. The molecule has 188 valence electrons. The molecule has 9 heteroatoms. The number of likely N-dealkylation sites (tertiary alicyclic amines) is 1. The van der Waals surface area contributed by atoms with Crippen molar-refractivity contribution in [2.24, 2.45) is 0 Å². The number of para-hydroxylation sites is 2. The molecular weight excluding hydrogens is 457 g/mol. The molecule has 2 atom stereocenters. The Hall–Kier alpha value is -2.62. The van der Waals surface area contributed by atoms with Crippen LogP contribution in [0.5, 0.6) is 0 Å². The minimum Gasteiger partial charge on any atom is -0.377 e. The molecule has 0 saturated carbocycles. The zero-order valence-corrected chi connectivity index (χ0v) is 19.8. The van der Waals surface area contributed by atoms with E-state index in [1.54, 1.807) is 11.6 Å². The Morgan fingerprint density at radius 2 is 1.77 bits per heavy atom. The van der Waals surface area contributed by atoms with Crippen LogP contribution in [-0.2, 0) is 19.1 Å². The molecular formula is C26H31F3N4O2. The molecule has 2 heterocycles. The lowest BCUT2D eigenvalue weighted by atomic mass is 9.83. The van der Waals surface area contributed by atoms with Crippen molar-refractivity contribution in [1.82, 2.24) is 19.4 Å². The number of aromatic nitrogens is 2. The van der Waals surface area contributed by atoms with Crippen molar-refractivity contribution in [1.29, 1.82) is 0 Å². The fraction of sp³-hybridized carbons (Fsp3) is 0.500. The number of hydrogen-bond donors (Lipinski definition) is 2. The average molecular weight is 489 g/mol. The fourth-order valence-corrected chi connectivity index (χ4v) is 5.95. The van der Waals surface area contributed by atoms with Gasteiger partial charge in [-0.15, -0.1) is 0 Å². The molecule has 0 amide bonds. The van der Waals surface area contributed by atoms with Crippen LogP contribution >= 0.6 is 0 Å². The maximum Gasteiger partial charge on any atom is 0.416 e. The number of piperidine rings is 1. The van der Waals surface area contributed by atoms with Crippen molar-refractivity contribution in [3.63, 3.8) is 0 Å². The first-order valence-electron chi connectivity index (χ1n) is 12.3. The van der Waals surface area contributed by atoms with Gasteiger partial charge in [0.25, 0.3) is 0 Å². The average Bonchev–Trinajstić information content (AvgIpc) is 3.13. The van der Waals surface area contributed by atoms with Crippen molar-refractivity contribution < 1.29 is 18.3 Å². The van der Waals surface area contributed by atoms with Crippen LogP contribution in [0.3, 0.4) is 0 Å². The Morgan fingerprint density at radius 1 is 1.06 bits per heavy atom. The summed E-state index contributed by atoms with van der Waals surface area (Å²) in [5, 5.41) is 12.9. The molecule has 35 heavy (non-hydrogen) atoms. The van der Waals surface area contributed by atoms with Gasteiger partial charge in [-0.3, -0.25) is 19.4 Å². The number of imidazole rings is 1. The van der Waals surface area contributed by atoms with Gasteiger partial charge in [0.15, 0.2) is 0 Å². The number of halogens is 3. The van der Waals surface area contributed by atoms with E-state index in [-0.39, 0.29) is 24.3 Å². The lowest BCUT2D eigenvalue weighted by molar-refractivity contribution is -0.138. The van der Waals surface area contributed by atoms with E-state index in [2.05, 4.69) is 10.2 Å². The van der Waals surface area contributed by atoms with Gasteiger partial charge in [0.1, 0.15) is 6.23 Å². The summed E-state index contributed by atoms with van der Waals surface area (Å²) in [6, 6.07) is 12.2. The van der Waals surface area contributed by atoms with Crippen molar-refractivity contribution in [3.05, 3.63) is 69.6 Å². The summed E-state index contributed by atoms with van der Waals surface area (Å²) in [5.74, 6) is 0. The monoisotopic (exact) mass is 488 g/mol. The van der Waals surface area contributed by atoms with E-state index in [0.717, 1.165) is 55.4 Å². The molecule has 2 N–H and O–H groups in total. The normalized spacial score (nSPS) is 20.8. The van der Waals surface area contributed by atoms with E-state index in [0.29, 0.717) is 12.0 Å². The number of aliphatic hydroxyl groups is 1. The van der Waals surface area contributed by atoms with Crippen LogP contribution in [0, 0.1) is 0 Å². The Kier molecular flexibility index (Phi) is 6.50. The van der Waals surface area contributed by atoms with E-state index < -0.39 is 18.0 Å². The third-order valence-electron chi connectivity index (χ3n) is 7.64. The second kappa shape index (κ2) is 9.44. The molecule has 1 aliphatic heterocycles. The highest BCUT2D eigenvalue weighted by Gasteiger charge is 2.38. The van der Waals surface area contributed by atoms with E-state index in [1.165, 1.54) is 12.1 Å². The second-order valence-electron chi connectivity index (χ2n) is 9.60. The van der Waals surface area contributed by atoms with Crippen molar-refractivity contribution in [2.75, 3.05) is 20.1 Å². The molecule has 3 aromatic rings. The van der Waals surface area contributed by atoms with Crippen LogP contribution in [-0.4, -0.2) is 45.5 Å². The van der Waals surface area contributed by atoms with Crippen LogP contribution < -0.4 is 11.0 Å². The predicted octanol–water partition coefficient (Wildman–Crippen LogP) is 4.07. The highest BCUT2D eigenvalue weighted by molar-refractivity contribution is 5.76. The number of hydrogen-bond acceptors (Lipinski definition) is 4. The van der Waals surface area contributed by atoms with Crippen LogP contribution in [0.1, 0.15) is 54.5 Å². The molecule has 1 aromatic heterocycles. The van der Waals surface area contributed by atoms with Gasteiger partial charge >= 0.3 is 11.9 Å². The van der Waals surface area contributed by atoms with Gasteiger partial charge in [-0.2, -0.15) is 13.2 Å². The lowest BCUT2D eigenvalue weighted by Gasteiger charge is -2.41. The van der Waals surface area contributed by atoms with Crippen molar-refractivity contribution in [3.8, 4) is 0 Å². The van der Waals surface area contributed by atoms with E-state index >= 15 is 0 Å². The standard InChI is InChI=1S/C26H31F3N4O2/c1-30-24(34)16-32-22-9-2-3-10-23(22)33(25(32)35)17-12-14-31(15-13-17)21-11-5-6-18-19(21)7-4-8-20(18)26(27,28)29/h2-4,7-10,17,21,24,30,34H,5-6,11-16H2,1H3. The third-order valence-corrected chi connectivity index (χ3v) is 7.64. The molecule has 2 aliphatic rings. The zero-order valence-electron chi connectivity index (χ0n) is 19.8. The van der Waals surface area contributed by atoms with Crippen LogP contribution in [0.2, 0.25) is 0 Å². The Balaban J connectivity index is 1.39. The maximum absolute atomic E-state index is 13.6. The molecule has 1 aliphatic carbocycles. The molecule has 0 radical (unpaired) electrons. The number of benzene rings is 2. The first-order chi connectivity index (χ1) is 16.8. The first-order valence-corrected chi connectivity index (χ1v) is 12.3. The topological polar surface area (TPSA) is 62.4 Å². The molecule has 2 unspecified atom stereocenters. The number of rotatable bonds is 5. The van der Waals surface area contributed by atoms with Crippen LogP contribution in [0.25, 0.3) is 11.0 Å². The molecule has 2 aromatic carbocycles. The third kappa shape index (κ3) is 4.41. The Morgan fingerprint density at radius 3 is 2.46 bits per heavy atom. The molecule has 0 spiro atoms. The van der Waals surface area contributed by atoms with Crippen molar-refractivity contribution >= 4 is 11.0 Å². The van der Waals surface area contributed by atoms with Gasteiger partial charge in [-0.1, -0.05) is 24.3 Å². The van der Waals surface area contributed by atoms with Gasteiger partial charge in [0.2, 0.25) is 0 Å². The number of aliphatic hydroxyl groups excluding tert-OH is 1. The number of nitrogens with zero attached hydrogens (tertiary/aromatic N) is 3. The van der Waals surface area contributed by atoms with Gasteiger partial charge in [-0.25, -0.2) is 4.79 Å². The summed E-state index contributed by atoms with van der Waals surface area (Å²) < 4.78 is 44.2. The summed E-state index contributed by atoms with van der Waals surface area (Å²) in [7, 11) is 1.64.